The molecule has 1 unspecified atom stereocenters. The first-order valence-electron chi connectivity index (χ1n) is 9.55. The Hall–Kier alpha value is -3.52. The first-order chi connectivity index (χ1) is 14.4. The summed E-state index contributed by atoms with van der Waals surface area (Å²) in [4.78, 5) is 44.7. The number of aryl methyl sites for hydroxylation is 2. The third-order valence-corrected chi connectivity index (χ3v) is 6.40. The number of benzene rings is 2. The Bertz CT molecular complexity index is 1330. The van der Waals surface area contributed by atoms with Crippen molar-refractivity contribution >= 4 is 39.1 Å². The number of hydrogen-bond acceptors (Lipinski definition) is 5. The number of carbonyl (C=O) groups excluding carboxylic acids is 2. The predicted octanol–water partition coefficient (Wildman–Crippen LogP) is 3.44. The SMILES string of the molecule is Cc1ccc(N2C(=O)CC(c3c(C)[nH]n(-c4nc5ccccc5s4)c3=O)C2=O)cc1. The number of rotatable bonds is 3. The number of H-pyrrole nitrogens is 1. The molecule has 1 atom stereocenters. The van der Waals surface area contributed by atoms with Crippen LogP contribution in [0.1, 0.15) is 29.2 Å². The van der Waals surface area contributed by atoms with Gasteiger partial charge in [-0.3, -0.25) is 24.4 Å². The average molecular weight is 418 g/mol. The number of aromatic nitrogens is 3. The number of fused-ring (bicyclic) bond motifs is 1. The van der Waals surface area contributed by atoms with Crippen LogP contribution in [0.5, 0.6) is 0 Å². The van der Waals surface area contributed by atoms with Crippen LogP contribution in [0.3, 0.4) is 0 Å². The van der Waals surface area contributed by atoms with Gasteiger partial charge in [-0.15, -0.1) is 0 Å². The van der Waals surface area contributed by atoms with E-state index in [0.29, 0.717) is 22.1 Å². The van der Waals surface area contributed by atoms with Crippen molar-refractivity contribution < 1.29 is 9.59 Å². The van der Waals surface area contributed by atoms with Crippen LogP contribution in [-0.4, -0.2) is 26.6 Å². The molecule has 3 heterocycles. The summed E-state index contributed by atoms with van der Waals surface area (Å²) in [7, 11) is 0. The standard InChI is InChI=1S/C22H18N4O3S/c1-12-7-9-14(10-8-12)25-18(27)11-15(20(25)28)19-13(2)24-26(21(19)29)22-23-16-5-3-4-6-17(16)30-22/h3-10,15,24H,11H2,1-2H3. The first-order valence-corrected chi connectivity index (χ1v) is 10.4. The van der Waals surface area contributed by atoms with E-state index in [1.54, 1.807) is 19.1 Å². The van der Waals surface area contributed by atoms with Gasteiger partial charge in [-0.1, -0.05) is 41.2 Å². The van der Waals surface area contributed by atoms with Gasteiger partial charge in [-0.05, 0) is 38.1 Å². The summed E-state index contributed by atoms with van der Waals surface area (Å²) >= 11 is 1.39. The number of hydrogen-bond donors (Lipinski definition) is 1. The normalized spacial score (nSPS) is 16.7. The van der Waals surface area contributed by atoms with Gasteiger partial charge in [0.15, 0.2) is 0 Å². The smallest absolute Gasteiger partial charge is 0.277 e. The highest BCUT2D eigenvalue weighted by Crippen LogP contribution is 2.33. The maximum atomic E-state index is 13.2. The molecular weight excluding hydrogens is 400 g/mol. The van der Waals surface area contributed by atoms with Crippen LogP contribution < -0.4 is 10.5 Å². The van der Waals surface area contributed by atoms with Gasteiger partial charge < -0.3 is 0 Å². The van der Waals surface area contributed by atoms with Crippen molar-refractivity contribution in [2.75, 3.05) is 4.90 Å². The van der Waals surface area contributed by atoms with E-state index < -0.39 is 5.92 Å². The molecule has 2 aromatic carbocycles. The summed E-state index contributed by atoms with van der Waals surface area (Å²) in [5, 5.41) is 3.54. The molecule has 1 aliphatic rings. The fraction of sp³-hybridized carbons (Fsp3) is 0.182. The Morgan fingerprint density at radius 2 is 1.77 bits per heavy atom. The van der Waals surface area contributed by atoms with Crippen LogP contribution >= 0.6 is 11.3 Å². The van der Waals surface area contributed by atoms with Crippen LogP contribution in [0.4, 0.5) is 5.69 Å². The predicted molar refractivity (Wildman–Crippen MR) is 115 cm³/mol. The second-order valence-electron chi connectivity index (χ2n) is 7.41. The van der Waals surface area contributed by atoms with E-state index in [1.165, 1.54) is 20.9 Å². The van der Waals surface area contributed by atoms with Crippen molar-refractivity contribution in [3.8, 4) is 5.13 Å². The molecule has 0 radical (unpaired) electrons. The summed E-state index contributed by atoms with van der Waals surface area (Å²) in [5.74, 6) is -1.49. The minimum absolute atomic E-state index is 0.0273. The maximum Gasteiger partial charge on any atom is 0.277 e. The van der Waals surface area contributed by atoms with E-state index in [9.17, 15) is 14.4 Å². The van der Waals surface area contributed by atoms with Gasteiger partial charge in [-0.25, -0.2) is 4.98 Å². The van der Waals surface area contributed by atoms with Crippen LogP contribution in [0, 0.1) is 13.8 Å². The molecule has 0 saturated carbocycles. The summed E-state index contributed by atoms with van der Waals surface area (Å²) in [6.07, 6.45) is -0.0273. The average Bonchev–Trinajstić information content (AvgIpc) is 3.36. The number of para-hydroxylation sites is 1. The Labute approximate surface area is 175 Å². The van der Waals surface area contributed by atoms with Crippen LogP contribution in [0.15, 0.2) is 53.3 Å². The Kier molecular flexibility index (Phi) is 4.18. The van der Waals surface area contributed by atoms with Crippen molar-refractivity contribution in [3.05, 3.63) is 75.7 Å². The molecule has 2 amide bonds. The third kappa shape index (κ3) is 2.80. The highest BCUT2D eigenvalue weighted by atomic mass is 32.1. The lowest BCUT2D eigenvalue weighted by atomic mass is 9.98. The van der Waals surface area contributed by atoms with Crippen molar-refractivity contribution in [1.82, 2.24) is 14.8 Å². The van der Waals surface area contributed by atoms with E-state index in [1.807, 2.05) is 43.3 Å². The molecule has 5 rings (SSSR count). The molecule has 1 aliphatic heterocycles. The van der Waals surface area contributed by atoms with Crippen LogP contribution in [0.2, 0.25) is 0 Å². The highest BCUT2D eigenvalue weighted by molar-refractivity contribution is 7.20. The molecule has 0 bridgehead atoms. The van der Waals surface area contributed by atoms with Gasteiger partial charge in [0.1, 0.15) is 0 Å². The zero-order chi connectivity index (χ0) is 21.0. The Balaban J connectivity index is 1.55. The number of imide groups is 1. The third-order valence-electron chi connectivity index (χ3n) is 5.38. The van der Waals surface area contributed by atoms with Gasteiger partial charge in [0.2, 0.25) is 16.9 Å². The summed E-state index contributed by atoms with van der Waals surface area (Å²) in [5.41, 5.74) is 2.91. The monoisotopic (exact) mass is 418 g/mol. The van der Waals surface area contributed by atoms with E-state index >= 15 is 0 Å². The van der Waals surface area contributed by atoms with E-state index in [4.69, 9.17) is 0 Å². The summed E-state index contributed by atoms with van der Waals surface area (Å²) in [6, 6.07) is 14.8. The minimum Gasteiger partial charge on any atom is -0.293 e. The van der Waals surface area contributed by atoms with Gasteiger partial charge >= 0.3 is 0 Å². The molecule has 0 aliphatic carbocycles. The first kappa shape index (κ1) is 18.5. The number of nitrogens with one attached hydrogen (secondary N) is 1. The molecule has 1 saturated heterocycles. The number of amides is 2. The van der Waals surface area contributed by atoms with Gasteiger partial charge in [0.05, 0.1) is 27.4 Å². The van der Waals surface area contributed by atoms with E-state index in [-0.39, 0.29) is 23.8 Å². The maximum absolute atomic E-state index is 13.2. The van der Waals surface area contributed by atoms with E-state index in [2.05, 4.69) is 10.1 Å². The van der Waals surface area contributed by atoms with Crippen molar-refractivity contribution in [1.29, 1.82) is 0 Å². The zero-order valence-electron chi connectivity index (χ0n) is 16.4. The quantitative estimate of drug-likeness (QED) is 0.516. The van der Waals surface area contributed by atoms with E-state index in [0.717, 1.165) is 15.8 Å². The number of thiazole rings is 1. The highest BCUT2D eigenvalue weighted by Gasteiger charge is 2.43. The number of carbonyl (C=O) groups is 2. The largest absolute Gasteiger partial charge is 0.293 e. The molecular formula is C22H18N4O3S. The van der Waals surface area contributed by atoms with Crippen molar-refractivity contribution in [2.45, 2.75) is 26.2 Å². The summed E-state index contributed by atoms with van der Waals surface area (Å²) < 4.78 is 2.33. The van der Waals surface area contributed by atoms with Gasteiger partial charge in [0.25, 0.3) is 5.56 Å². The molecule has 0 spiro atoms. The molecule has 1 N–H and O–H groups in total. The van der Waals surface area contributed by atoms with Crippen molar-refractivity contribution in [2.24, 2.45) is 0 Å². The zero-order valence-corrected chi connectivity index (χ0v) is 17.2. The molecule has 2 aromatic heterocycles. The van der Waals surface area contributed by atoms with Gasteiger partial charge in [-0.2, -0.15) is 4.68 Å². The number of aromatic amines is 1. The number of nitrogens with zero attached hydrogens (tertiary/aromatic N) is 3. The lowest BCUT2D eigenvalue weighted by molar-refractivity contribution is -0.121. The molecule has 1 fully saturated rings. The fourth-order valence-electron chi connectivity index (χ4n) is 3.88. The fourth-order valence-corrected chi connectivity index (χ4v) is 4.81. The summed E-state index contributed by atoms with van der Waals surface area (Å²) in [6.45, 7) is 3.68. The molecule has 4 aromatic rings. The van der Waals surface area contributed by atoms with Gasteiger partial charge in [0, 0.05) is 12.1 Å². The second kappa shape index (κ2) is 6.77. The number of anilines is 1. The molecule has 8 heteroatoms. The molecule has 7 nitrogen and oxygen atoms in total. The molecule has 30 heavy (non-hydrogen) atoms. The lowest BCUT2D eigenvalue weighted by Gasteiger charge is -2.15. The van der Waals surface area contributed by atoms with Crippen LogP contribution in [0.25, 0.3) is 15.3 Å². The van der Waals surface area contributed by atoms with Crippen LogP contribution in [-0.2, 0) is 9.59 Å². The molecule has 150 valence electrons. The van der Waals surface area contributed by atoms with Crippen molar-refractivity contribution in [3.63, 3.8) is 0 Å². The lowest BCUT2D eigenvalue weighted by Crippen LogP contribution is -2.31. The second-order valence-corrected chi connectivity index (χ2v) is 8.42. The minimum atomic E-state index is -0.807. The Morgan fingerprint density at radius 1 is 1.03 bits per heavy atom. The topological polar surface area (TPSA) is 88.1 Å². The Morgan fingerprint density at radius 3 is 2.50 bits per heavy atom.